The first-order chi connectivity index (χ1) is 12.7. The Morgan fingerprint density at radius 3 is 2.85 bits per heavy atom. The summed E-state index contributed by atoms with van der Waals surface area (Å²) in [6, 6.07) is 8.79. The van der Waals surface area contributed by atoms with Crippen LogP contribution >= 0.6 is 0 Å². The smallest absolute Gasteiger partial charge is 0.275 e. The van der Waals surface area contributed by atoms with E-state index in [9.17, 15) is 9.59 Å². The average Bonchev–Trinajstić information content (AvgIpc) is 3.39. The van der Waals surface area contributed by atoms with Gasteiger partial charge in [-0.2, -0.15) is 5.10 Å². The molecule has 1 aliphatic rings. The quantitative estimate of drug-likeness (QED) is 0.711. The van der Waals surface area contributed by atoms with Gasteiger partial charge in [-0.15, -0.1) is 6.42 Å². The Labute approximate surface area is 149 Å². The molecule has 0 bridgehead atoms. The van der Waals surface area contributed by atoms with Crippen LogP contribution in [0.25, 0.3) is 10.8 Å². The summed E-state index contributed by atoms with van der Waals surface area (Å²) in [5.41, 5.74) is 0.557. The maximum Gasteiger partial charge on any atom is 0.275 e. The molecular formula is C19H16N4O3. The van der Waals surface area contributed by atoms with E-state index in [0.717, 1.165) is 18.6 Å². The van der Waals surface area contributed by atoms with Gasteiger partial charge in [0.1, 0.15) is 12.3 Å². The van der Waals surface area contributed by atoms with E-state index >= 15 is 0 Å². The number of benzene rings is 1. The van der Waals surface area contributed by atoms with Crippen LogP contribution in [0, 0.1) is 12.3 Å². The van der Waals surface area contributed by atoms with E-state index in [1.54, 1.807) is 24.3 Å². The lowest BCUT2D eigenvalue weighted by Crippen LogP contribution is -2.28. The highest BCUT2D eigenvalue weighted by molar-refractivity contribution is 5.92. The Morgan fingerprint density at radius 1 is 1.35 bits per heavy atom. The van der Waals surface area contributed by atoms with Crippen molar-refractivity contribution >= 4 is 16.7 Å². The molecule has 0 spiro atoms. The predicted octanol–water partition coefficient (Wildman–Crippen LogP) is 1.83. The van der Waals surface area contributed by atoms with Gasteiger partial charge >= 0.3 is 0 Å². The van der Waals surface area contributed by atoms with Crippen molar-refractivity contribution in [2.24, 2.45) is 0 Å². The minimum absolute atomic E-state index is 0.0681. The molecule has 7 heteroatoms. The number of terminal acetylenes is 1. The molecule has 4 rings (SSSR count). The fraction of sp³-hybridized carbons (Fsp3) is 0.263. The topological polar surface area (TPSA) is 90.0 Å². The van der Waals surface area contributed by atoms with Crippen molar-refractivity contribution in [2.75, 3.05) is 0 Å². The average molecular weight is 348 g/mol. The van der Waals surface area contributed by atoms with Crippen LogP contribution in [0.15, 0.2) is 39.6 Å². The van der Waals surface area contributed by atoms with Crippen LogP contribution in [-0.2, 0) is 13.1 Å². The van der Waals surface area contributed by atoms with Gasteiger partial charge in [0.05, 0.1) is 17.6 Å². The van der Waals surface area contributed by atoms with Gasteiger partial charge in [0.2, 0.25) is 0 Å². The molecule has 1 aromatic carbocycles. The van der Waals surface area contributed by atoms with Crippen LogP contribution in [-0.4, -0.2) is 20.8 Å². The number of nitrogens with one attached hydrogen (secondary N) is 1. The first-order valence-corrected chi connectivity index (χ1v) is 8.34. The van der Waals surface area contributed by atoms with Crippen LogP contribution in [0.3, 0.4) is 0 Å². The number of amides is 1. The molecule has 130 valence electrons. The van der Waals surface area contributed by atoms with Gasteiger partial charge in [0.25, 0.3) is 11.5 Å². The van der Waals surface area contributed by atoms with Crippen molar-refractivity contribution in [1.82, 2.24) is 20.3 Å². The number of fused-ring (bicyclic) bond motifs is 1. The molecule has 26 heavy (non-hydrogen) atoms. The Bertz CT molecular complexity index is 1090. The van der Waals surface area contributed by atoms with Crippen molar-refractivity contribution < 1.29 is 9.32 Å². The normalized spacial score (nSPS) is 13.5. The molecule has 0 radical (unpaired) electrons. The monoisotopic (exact) mass is 348 g/mol. The molecule has 1 N–H and O–H groups in total. The second-order valence-corrected chi connectivity index (χ2v) is 6.23. The van der Waals surface area contributed by atoms with E-state index in [1.807, 2.05) is 6.07 Å². The largest absolute Gasteiger partial charge is 0.360 e. The summed E-state index contributed by atoms with van der Waals surface area (Å²) >= 11 is 0. The molecule has 1 fully saturated rings. The molecule has 0 unspecified atom stereocenters. The molecule has 7 nitrogen and oxygen atoms in total. The van der Waals surface area contributed by atoms with Crippen molar-refractivity contribution in [3.63, 3.8) is 0 Å². The molecule has 1 saturated carbocycles. The van der Waals surface area contributed by atoms with Gasteiger partial charge in [-0.05, 0) is 18.9 Å². The lowest BCUT2D eigenvalue weighted by atomic mass is 10.1. The molecular weight excluding hydrogens is 332 g/mol. The maximum absolute atomic E-state index is 12.4. The van der Waals surface area contributed by atoms with Crippen LogP contribution in [0.4, 0.5) is 0 Å². The van der Waals surface area contributed by atoms with Crippen LogP contribution in [0.2, 0.25) is 0 Å². The summed E-state index contributed by atoms with van der Waals surface area (Å²) < 4.78 is 6.43. The standard InChI is InChI=1S/C19H16N4O3/c1-2-9-23-19(25)14-6-4-3-5-13(14)16(21-23)11-20-18(24)15-10-17(26-22-15)12-7-8-12/h1,3-6,10,12H,7-9,11H2,(H,20,24). The van der Waals surface area contributed by atoms with Gasteiger partial charge in [-0.1, -0.05) is 29.3 Å². The van der Waals surface area contributed by atoms with Crippen LogP contribution < -0.4 is 10.9 Å². The Morgan fingerprint density at radius 2 is 2.12 bits per heavy atom. The molecule has 2 aromatic heterocycles. The highest BCUT2D eigenvalue weighted by Gasteiger charge is 2.28. The van der Waals surface area contributed by atoms with E-state index in [0.29, 0.717) is 22.4 Å². The summed E-state index contributed by atoms with van der Waals surface area (Å²) in [7, 11) is 0. The number of hydrogen-bond acceptors (Lipinski definition) is 5. The third-order valence-corrected chi connectivity index (χ3v) is 4.34. The number of carbonyl (C=O) groups is 1. The molecule has 1 amide bonds. The zero-order chi connectivity index (χ0) is 18.1. The SMILES string of the molecule is C#CCn1nc(CNC(=O)c2cc(C3CC3)on2)c2ccccc2c1=O. The minimum atomic E-state index is -0.346. The second-order valence-electron chi connectivity index (χ2n) is 6.23. The van der Waals surface area contributed by atoms with Crippen molar-refractivity contribution in [3.05, 3.63) is 57.8 Å². The van der Waals surface area contributed by atoms with Gasteiger partial charge < -0.3 is 9.84 Å². The number of carbonyl (C=O) groups excluding carboxylic acids is 1. The minimum Gasteiger partial charge on any atom is -0.360 e. The van der Waals surface area contributed by atoms with Crippen molar-refractivity contribution in [1.29, 1.82) is 0 Å². The van der Waals surface area contributed by atoms with Gasteiger partial charge in [-0.25, -0.2) is 4.68 Å². The zero-order valence-electron chi connectivity index (χ0n) is 13.9. The summed E-state index contributed by atoms with van der Waals surface area (Å²) in [6.07, 6.45) is 7.46. The molecule has 1 aliphatic carbocycles. The zero-order valence-corrected chi connectivity index (χ0v) is 13.9. The second kappa shape index (κ2) is 6.48. The van der Waals surface area contributed by atoms with E-state index in [1.165, 1.54) is 4.68 Å². The Hall–Kier alpha value is -3.40. The maximum atomic E-state index is 12.4. The van der Waals surface area contributed by atoms with Gasteiger partial charge in [0, 0.05) is 17.4 Å². The lowest BCUT2D eigenvalue weighted by Gasteiger charge is -2.09. The molecule has 2 heterocycles. The molecule has 3 aromatic rings. The fourth-order valence-electron chi connectivity index (χ4n) is 2.84. The summed E-state index contributed by atoms with van der Waals surface area (Å²) in [6.45, 7) is 0.217. The third kappa shape index (κ3) is 2.97. The highest BCUT2D eigenvalue weighted by atomic mass is 16.5. The van der Waals surface area contributed by atoms with Crippen LogP contribution in [0.1, 0.15) is 40.7 Å². The van der Waals surface area contributed by atoms with E-state index < -0.39 is 0 Å². The summed E-state index contributed by atoms with van der Waals surface area (Å²) in [4.78, 5) is 24.7. The first-order valence-electron chi connectivity index (χ1n) is 8.34. The Kier molecular flexibility index (Phi) is 4.01. The molecule has 0 atom stereocenters. The number of rotatable bonds is 5. The van der Waals surface area contributed by atoms with Gasteiger partial charge in [0.15, 0.2) is 5.69 Å². The molecule has 0 aliphatic heterocycles. The van der Waals surface area contributed by atoms with E-state index in [-0.39, 0.29) is 30.2 Å². The first kappa shape index (κ1) is 16.1. The van der Waals surface area contributed by atoms with E-state index in [2.05, 4.69) is 21.5 Å². The number of aromatic nitrogens is 3. The summed E-state index contributed by atoms with van der Waals surface area (Å²) in [5, 5.41) is 12.1. The Balaban J connectivity index is 1.59. The third-order valence-electron chi connectivity index (χ3n) is 4.34. The van der Waals surface area contributed by atoms with Crippen LogP contribution in [0.5, 0.6) is 0 Å². The number of hydrogen-bond donors (Lipinski definition) is 1. The van der Waals surface area contributed by atoms with Crippen molar-refractivity contribution in [2.45, 2.75) is 31.8 Å². The highest BCUT2D eigenvalue weighted by Crippen LogP contribution is 2.40. The van der Waals surface area contributed by atoms with E-state index in [4.69, 9.17) is 10.9 Å². The van der Waals surface area contributed by atoms with Crippen molar-refractivity contribution in [3.8, 4) is 12.3 Å². The number of nitrogens with zero attached hydrogens (tertiary/aromatic N) is 3. The molecule has 0 saturated heterocycles. The summed E-state index contributed by atoms with van der Waals surface area (Å²) in [5.74, 6) is 3.21. The lowest BCUT2D eigenvalue weighted by molar-refractivity contribution is 0.0941. The van der Waals surface area contributed by atoms with Gasteiger partial charge in [-0.3, -0.25) is 9.59 Å². The predicted molar refractivity (Wildman–Crippen MR) is 94.5 cm³/mol. The fourth-order valence-corrected chi connectivity index (χ4v) is 2.84.